The second-order valence-electron chi connectivity index (χ2n) is 6.77. The van der Waals surface area contributed by atoms with E-state index in [0.29, 0.717) is 16.8 Å². The highest BCUT2D eigenvalue weighted by Gasteiger charge is 2.16. The first-order valence-corrected chi connectivity index (χ1v) is 9.88. The van der Waals surface area contributed by atoms with Crippen LogP contribution in [-0.4, -0.2) is 9.97 Å². The Labute approximate surface area is 170 Å². The number of hydrogen-bond acceptors (Lipinski definition) is 4. The second-order valence-corrected chi connectivity index (χ2v) is 7.80. The van der Waals surface area contributed by atoms with Crippen molar-refractivity contribution in [3.63, 3.8) is 0 Å². The van der Waals surface area contributed by atoms with Crippen molar-refractivity contribution >= 4 is 43.8 Å². The number of thiophene rings is 1. The van der Waals surface area contributed by atoms with Crippen LogP contribution in [0.25, 0.3) is 31.6 Å². The van der Waals surface area contributed by atoms with Gasteiger partial charge in [0.1, 0.15) is 16.7 Å². The normalized spacial score (nSPS) is 11.1. The molecule has 3 heterocycles. The topological polar surface area (TPSA) is 64.5 Å². The summed E-state index contributed by atoms with van der Waals surface area (Å²) in [6.45, 7) is 2.04. The number of rotatable bonds is 3. The molecule has 0 atom stereocenters. The van der Waals surface area contributed by atoms with E-state index in [-0.39, 0.29) is 5.82 Å². The molecule has 5 rings (SSSR count). The number of fused-ring (bicyclic) bond motifs is 2. The number of aromatic amines is 1. The maximum absolute atomic E-state index is 14.3. The molecule has 0 saturated heterocycles. The number of aromatic nitrogens is 2. The third-order valence-electron chi connectivity index (χ3n) is 5.09. The van der Waals surface area contributed by atoms with Crippen LogP contribution in [0.1, 0.15) is 11.1 Å². The molecule has 0 bridgehead atoms. The van der Waals surface area contributed by atoms with E-state index in [1.54, 1.807) is 18.3 Å². The minimum absolute atomic E-state index is 0.275. The third-order valence-corrected chi connectivity index (χ3v) is 6.16. The largest absolute Gasteiger partial charge is 0.361 e. The number of H-pyrrole nitrogens is 1. The lowest BCUT2D eigenvalue weighted by Gasteiger charge is -2.12. The van der Waals surface area contributed by atoms with Crippen molar-refractivity contribution in [2.24, 2.45) is 0 Å². The van der Waals surface area contributed by atoms with Gasteiger partial charge in [0.15, 0.2) is 0 Å². The van der Waals surface area contributed by atoms with Crippen LogP contribution in [0.4, 0.5) is 15.8 Å². The molecule has 0 saturated carbocycles. The molecule has 6 heteroatoms. The Morgan fingerprint density at radius 2 is 2.00 bits per heavy atom. The summed E-state index contributed by atoms with van der Waals surface area (Å²) in [6, 6.07) is 16.8. The number of halogens is 1. The lowest BCUT2D eigenvalue weighted by Crippen LogP contribution is -1.97. The van der Waals surface area contributed by atoms with E-state index < -0.39 is 0 Å². The van der Waals surface area contributed by atoms with Crippen LogP contribution < -0.4 is 5.32 Å². The highest BCUT2D eigenvalue weighted by molar-refractivity contribution is 7.22. The Bertz CT molecular complexity index is 1420. The Kier molecular flexibility index (Phi) is 4.04. The zero-order valence-electron chi connectivity index (χ0n) is 15.5. The number of benzene rings is 2. The summed E-state index contributed by atoms with van der Waals surface area (Å²) in [5.74, 6) is -0.275. The van der Waals surface area contributed by atoms with Crippen LogP contribution >= 0.6 is 11.3 Å². The van der Waals surface area contributed by atoms with Crippen molar-refractivity contribution in [1.29, 1.82) is 5.26 Å². The highest BCUT2D eigenvalue weighted by Crippen LogP contribution is 2.39. The molecule has 0 radical (unpaired) electrons. The zero-order valence-corrected chi connectivity index (χ0v) is 16.3. The molecule has 4 nitrogen and oxygen atoms in total. The molecule has 0 aliphatic rings. The predicted molar refractivity (Wildman–Crippen MR) is 116 cm³/mol. The maximum Gasteiger partial charge on any atom is 0.131 e. The van der Waals surface area contributed by atoms with Gasteiger partial charge in [-0.15, -0.1) is 11.3 Å². The number of nitriles is 1. The first-order chi connectivity index (χ1) is 14.2. The molecule has 3 aromatic heterocycles. The van der Waals surface area contributed by atoms with Crippen molar-refractivity contribution in [1.82, 2.24) is 9.97 Å². The van der Waals surface area contributed by atoms with Gasteiger partial charge >= 0.3 is 0 Å². The van der Waals surface area contributed by atoms with Crippen molar-refractivity contribution < 1.29 is 4.39 Å². The summed E-state index contributed by atoms with van der Waals surface area (Å²) < 4.78 is 14.3. The Balaban J connectivity index is 1.68. The van der Waals surface area contributed by atoms with E-state index in [1.165, 1.54) is 17.4 Å². The quantitative estimate of drug-likeness (QED) is 0.364. The molecule has 0 fully saturated rings. The summed E-state index contributed by atoms with van der Waals surface area (Å²) in [6.07, 6.45) is 3.48. The fourth-order valence-electron chi connectivity index (χ4n) is 3.56. The number of hydrogen-bond donors (Lipinski definition) is 2. The Hall–Kier alpha value is -3.69. The van der Waals surface area contributed by atoms with E-state index in [4.69, 9.17) is 0 Å². The molecule has 0 aliphatic carbocycles. The number of nitrogens with zero attached hydrogens (tertiary/aromatic N) is 2. The summed E-state index contributed by atoms with van der Waals surface area (Å²) in [4.78, 5) is 9.16. The number of nitrogens with one attached hydrogen (secondary N) is 2. The van der Waals surface area contributed by atoms with Gasteiger partial charge < -0.3 is 10.3 Å². The monoisotopic (exact) mass is 398 g/mol. The smallest absolute Gasteiger partial charge is 0.131 e. The van der Waals surface area contributed by atoms with Gasteiger partial charge in [-0.05, 0) is 42.8 Å². The Morgan fingerprint density at radius 1 is 1.14 bits per heavy atom. The van der Waals surface area contributed by atoms with E-state index >= 15 is 0 Å². The van der Waals surface area contributed by atoms with Gasteiger partial charge in [-0.2, -0.15) is 5.26 Å². The first kappa shape index (κ1) is 17.4. The molecule has 29 heavy (non-hydrogen) atoms. The maximum atomic E-state index is 14.3. The van der Waals surface area contributed by atoms with Gasteiger partial charge in [-0.25, -0.2) is 9.37 Å². The predicted octanol–water partition coefficient (Wildman–Crippen LogP) is 6.51. The Morgan fingerprint density at radius 3 is 2.83 bits per heavy atom. The molecule has 0 amide bonds. The number of anilines is 2. The third kappa shape index (κ3) is 2.84. The van der Waals surface area contributed by atoms with E-state index in [2.05, 4.69) is 21.4 Å². The van der Waals surface area contributed by atoms with Crippen molar-refractivity contribution in [2.45, 2.75) is 6.92 Å². The van der Waals surface area contributed by atoms with E-state index in [9.17, 15) is 9.65 Å². The van der Waals surface area contributed by atoms with Gasteiger partial charge in [0, 0.05) is 44.8 Å². The summed E-state index contributed by atoms with van der Waals surface area (Å²) in [7, 11) is 0. The molecular formula is C23H15FN4S. The molecular weight excluding hydrogens is 383 g/mol. The fourth-order valence-corrected chi connectivity index (χ4v) is 4.59. The van der Waals surface area contributed by atoms with Crippen LogP contribution in [0.15, 0.2) is 60.9 Å². The molecule has 2 aromatic carbocycles. The minimum atomic E-state index is -0.275. The standard InChI is InChI=1S/C23H15FN4S/c1-13-15-8-9-26-20(15)7-6-19(13)28-22-14(11-25)12-27-23-17(22)10-21(29-23)16-4-2-3-5-18(16)24/h2-10,12,26H,1H3,(H,27,28). The van der Waals surface area contributed by atoms with Gasteiger partial charge in [-0.1, -0.05) is 18.2 Å². The minimum Gasteiger partial charge on any atom is -0.361 e. The number of pyridine rings is 1. The number of aryl methyl sites for hydroxylation is 1. The van der Waals surface area contributed by atoms with Crippen LogP contribution in [0, 0.1) is 24.1 Å². The van der Waals surface area contributed by atoms with Gasteiger partial charge in [0.25, 0.3) is 0 Å². The van der Waals surface area contributed by atoms with E-state index in [1.807, 2.05) is 43.5 Å². The van der Waals surface area contributed by atoms with E-state index in [0.717, 1.165) is 37.2 Å². The SMILES string of the molecule is Cc1c(Nc2c(C#N)cnc3sc(-c4ccccc4F)cc23)ccc2[nH]ccc12. The van der Waals surface area contributed by atoms with Crippen molar-refractivity contribution in [3.8, 4) is 16.5 Å². The fraction of sp³-hybridized carbons (Fsp3) is 0.0435. The van der Waals surface area contributed by atoms with Crippen molar-refractivity contribution in [2.75, 3.05) is 5.32 Å². The second kappa shape index (κ2) is 6.73. The molecule has 0 aliphatic heterocycles. The molecule has 5 aromatic rings. The molecule has 0 unspecified atom stereocenters. The van der Waals surface area contributed by atoms with Crippen LogP contribution in [0.5, 0.6) is 0 Å². The van der Waals surface area contributed by atoms with Gasteiger partial charge in [0.05, 0.1) is 11.3 Å². The lowest BCUT2D eigenvalue weighted by atomic mass is 10.1. The first-order valence-electron chi connectivity index (χ1n) is 9.07. The van der Waals surface area contributed by atoms with Crippen LogP contribution in [-0.2, 0) is 0 Å². The van der Waals surface area contributed by atoms with Crippen LogP contribution in [0.2, 0.25) is 0 Å². The highest BCUT2D eigenvalue weighted by atomic mass is 32.1. The lowest BCUT2D eigenvalue weighted by molar-refractivity contribution is 0.632. The summed E-state index contributed by atoms with van der Waals surface area (Å²) in [5, 5.41) is 15.0. The molecule has 140 valence electrons. The van der Waals surface area contributed by atoms with Crippen LogP contribution in [0.3, 0.4) is 0 Å². The zero-order chi connectivity index (χ0) is 20.0. The molecule has 2 N–H and O–H groups in total. The summed E-state index contributed by atoms with van der Waals surface area (Å²) in [5.41, 5.74) is 4.73. The average Bonchev–Trinajstić information content (AvgIpc) is 3.38. The average molecular weight is 398 g/mol. The van der Waals surface area contributed by atoms with Crippen molar-refractivity contribution in [3.05, 3.63) is 77.9 Å². The van der Waals surface area contributed by atoms with Gasteiger partial charge in [0.2, 0.25) is 0 Å². The molecule has 0 spiro atoms. The summed E-state index contributed by atoms with van der Waals surface area (Å²) >= 11 is 1.41. The van der Waals surface area contributed by atoms with Gasteiger partial charge in [-0.3, -0.25) is 0 Å².